The Hall–Kier alpha value is -1.42. The van der Waals surface area contributed by atoms with Crippen LogP contribution in [-0.2, 0) is 11.2 Å². The largest absolute Gasteiger partial charge is 0.340 e. The van der Waals surface area contributed by atoms with E-state index in [1.807, 2.05) is 17.0 Å². The van der Waals surface area contributed by atoms with Crippen LogP contribution in [-0.4, -0.2) is 34.9 Å². The summed E-state index contributed by atoms with van der Waals surface area (Å²) in [7, 11) is 0. The van der Waals surface area contributed by atoms with Crippen LogP contribution in [0.3, 0.4) is 0 Å². The molecular weight excluding hydrogens is 250 g/mol. The zero-order valence-corrected chi connectivity index (χ0v) is 12.3. The fourth-order valence-electron chi connectivity index (χ4n) is 3.24. The Kier molecular flexibility index (Phi) is 5.53. The van der Waals surface area contributed by atoms with E-state index >= 15 is 0 Å². The quantitative estimate of drug-likeness (QED) is 0.863. The van der Waals surface area contributed by atoms with Gasteiger partial charge in [0.2, 0.25) is 5.91 Å². The van der Waals surface area contributed by atoms with E-state index in [9.17, 15) is 4.79 Å². The Bertz CT molecular complexity index is 421. The molecule has 1 heterocycles. The number of hydrogen-bond acceptors (Lipinski definition) is 3. The van der Waals surface area contributed by atoms with Gasteiger partial charge in [0.1, 0.15) is 0 Å². The SMILES string of the molecule is CCN(C(=O)CCc1ccncc1)C1CCCC1CN. The molecule has 0 saturated heterocycles. The topological polar surface area (TPSA) is 59.2 Å². The van der Waals surface area contributed by atoms with Crippen molar-refractivity contribution in [2.45, 2.75) is 45.1 Å². The number of nitrogens with two attached hydrogens (primary N) is 1. The number of aromatic nitrogens is 1. The summed E-state index contributed by atoms with van der Waals surface area (Å²) in [5.41, 5.74) is 7.01. The molecule has 1 amide bonds. The average Bonchev–Trinajstić information content (AvgIpc) is 2.95. The molecule has 4 nitrogen and oxygen atoms in total. The summed E-state index contributed by atoms with van der Waals surface area (Å²) < 4.78 is 0. The monoisotopic (exact) mass is 275 g/mol. The van der Waals surface area contributed by atoms with Crippen LogP contribution in [0.4, 0.5) is 0 Å². The zero-order chi connectivity index (χ0) is 14.4. The molecule has 0 spiro atoms. The van der Waals surface area contributed by atoms with E-state index < -0.39 is 0 Å². The second-order valence-corrected chi connectivity index (χ2v) is 5.53. The predicted molar refractivity (Wildman–Crippen MR) is 80.1 cm³/mol. The predicted octanol–water partition coefficient (Wildman–Crippen LogP) is 1.99. The lowest BCUT2D eigenvalue weighted by atomic mass is 10.0. The minimum Gasteiger partial charge on any atom is -0.340 e. The van der Waals surface area contributed by atoms with Crippen LogP contribution in [0.2, 0.25) is 0 Å². The zero-order valence-electron chi connectivity index (χ0n) is 12.3. The van der Waals surface area contributed by atoms with Gasteiger partial charge in [-0.05, 0) is 56.3 Å². The van der Waals surface area contributed by atoms with Gasteiger partial charge in [-0.25, -0.2) is 0 Å². The number of carbonyl (C=O) groups excluding carboxylic acids is 1. The molecule has 2 unspecified atom stereocenters. The van der Waals surface area contributed by atoms with E-state index in [-0.39, 0.29) is 5.91 Å². The van der Waals surface area contributed by atoms with Gasteiger partial charge in [0.05, 0.1) is 0 Å². The average molecular weight is 275 g/mol. The summed E-state index contributed by atoms with van der Waals surface area (Å²) in [6, 6.07) is 4.30. The normalized spacial score (nSPS) is 21.9. The highest BCUT2D eigenvalue weighted by Gasteiger charge is 2.32. The lowest BCUT2D eigenvalue weighted by Gasteiger charge is -2.32. The number of aryl methyl sites for hydroxylation is 1. The van der Waals surface area contributed by atoms with Gasteiger partial charge in [-0.3, -0.25) is 9.78 Å². The third-order valence-electron chi connectivity index (χ3n) is 4.36. The molecule has 1 aliphatic rings. The third-order valence-corrected chi connectivity index (χ3v) is 4.36. The summed E-state index contributed by atoms with van der Waals surface area (Å²) in [6.07, 6.45) is 8.38. The van der Waals surface area contributed by atoms with Crippen LogP contribution in [0.1, 0.15) is 38.2 Å². The highest BCUT2D eigenvalue weighted by molar-refractivity contribution is 5.76. The number of amides is 1. The van der Waals surface area contributed by atoms with Gasteiger partial charge in [0, 0.05) is 31.4 Å². The Morgan fingerprint density at radius 3 is 2.80 bits per heavy atom. The molecule has 1 aliphatic carbocycles. The summed E-state index contributed by atoms with van der Waals surface area (Å²) >= 11 is 0. The van der Waals surface area contributed by atoms with Crippen LogP contribution in [0.15, 0.2) is 24.5 Å². The highest BCUT2D eigenvalue weighted by atomic mass is 16.2. The van der Waals surface area contributed by atoms with E-state index in [0.29, 0.717) is 24.9 Å². The molecule has 4 heteroatoms. The Morgan fingerprint density at radius 1 is 1.40 bits per heavy atom. The van der Waals surface area contributed by atoms with E-state index in [2.05, 4.69) is 11.9 Å². The van der Waals surface area contributed by atoms with Crippen molar-refractivity contribution in [2.75, 3.05) is 13.1 Å². The van der Waals surface area contributed by atoms with Crippen molar-refractivity contribution in [3.63, 3.8) is 0 Å². The van der Waals surface area contributed by atoms with Crippen molar-refractivity contribution in [1.82, 2.24) is 9.88 Å². The van der Waals surface area contributed by atoms with Crippen molar-refractivity contribution in [1.29, 1.82) is 0 Å². The van der Waals surface area contributed by atoms with Crippen molar-refractivity contribution in [3.05, 3.63) is 30.1 Å². The molecular formula is C16H25N3O. The first kappa shape index (κ1) is 15.0. The molecule has 0 aromatic carbocycles. The number of hydrogen-bond donors (Lipinski definition) is 1. The number of pyridine rings is 1. The first-order valence-corrected chi connectivity index (χ1v) is 7.64. The second kappa shape index (κ2) is 7.39. The summed E-state index contributed by atoms with van der Waals surface area (Å²) in [6.45, 7) is 3.55. The first-order valence-electron chi connectivity index (χ1n) is 7.64. The van der Waals surface area contributed by atoms with Gasteiger partial charge in [0.25, 0.3) is 0 Å². The maximum Gasteiger partial charge on any atom is 0.223 e. The molecule has 1 saturated carbocycles. The lowest BCUT2D eigenvalue weighted by molar-refractivity contribution is -0.134. The van der Waals surface area contributed by atoms with Gasteiger partial charge in [0.15, 0.2) is 0 Å². The van der Waals surface area contributed by atoms with E-state index in [1.165, 1.54) is 12.0 Å². The van der Waals surface area contributed by atoms with Gasteiger partial charge >= 0.3 is 0 Å². The van der Waals surface area contributed by atoms with Crippen molar-refractivity contribution < 1.29 is 4.79 Å². The molecule has 1 fully saturated rings. The van der Waals surface area contributed by atoms with E-state index in [0.717, 1.165) is 25.8 Å². The number of carbonyl (C=O) groups is 1. The Labute approximate surface area is 121 Å². The van der Waals surface area contributed by atoms with Crippen LogP contribution < -0.4 is 5.73 Å². The summed E-state index contributed by atoms with van der Waals surface area (Å²) in [5.74, 6) is 0.745. The maximum atomic E-state index is 12.5. The molecule has 0 radical (unpaired) electrons. The van der Waals surface area contributed by atoms with E-state index in [4.69, 9.17) is 5.73 Å². The molecule has 20 heavy (non-hydrogen) atoms. The molecule has 2 rings (SSSR count). The smallest absolute Gasteiger partial charge is 0.223 e. The van der Waals surface area contributed by atoms with Crippen LogP contribution in [0.25, 0.3) is 0 Å². The Morgan fingerprint density at radius 2 is 2.15 bits per heavy atom. The van der Waals surface area contributed by atoms with Crippen LogP contribution in [0.5, 0.6) is 0 Å². The molecule has 110 valence electrons. The van der Waals surface area contributed by atoms with Gasteiger partial charge < -0.3 is 10.6 Å². The molecule has 2 N–H and O–H groups in total. The first-order chi connectivity index (χ1) is 9.76. The molecule has 2 atom stereocenters. The third kappa shape index (κ3) is 3.57. The number of rotatable bonds is 6. The van der Waals surface area contributed by atoms with Gasteiger partial charge in [-0.1, -0.05) is 6.42 Å². The second-order valence-electron chi connectivity index (χ2n) is 5.53. The van der Waals surface area contributed by atoms with Crippen molar-refractivity contribution >= 4 is 5.91 Å². The fraction of sp³-hybridized carbons (Fsp3) is 0.625. The van der Waals surface area contributed by atoms with E-state index in [1.54, 1.807) is 12.4 Å². The minimum absolute atomic E-state index is 0.259. The van der Waals surface area contributed by atoms with Gasteiger partial charge in [-0.2, -0.15) is 0 Å². The standard InChI is InChI=1S/C16H25N3O/c1-2-19(15-5-3-4-14(15)12-17)16(20)7-6-13-8-10-18-11-9-13/h8-11,14-15H,2-7,12,17H2,1H3. The molecule has 1 aromatic rings. The van der Waals surface area contributed by atoms with Crippen LogP contribution >= 0.6 is 0 Å². The molecule has 0 aliphatic heterocycles. The summed E-state index contributed by atoms with van der Waals surface area (Å²) in [5, 5.41) is 0. The highest BCUT2D eigenvalue weighted by Crippen LogP contribution is 2.29. The minimum atomic E-state index is 0.259. The molecule has 1 aromatic heterocycles. The number of nitrogens with zero attached hydrogens (tertiary/aromatic N) is 2. The lowest BCUT2D eigenvalue weighted by Crippen LogP contribution is -2.44. The van der Waals surface area contributed by atoms with Crippen molar-refractivity contribution in [3.8, 4) is 0 Å². The van der Waals surface area contributed by atoms with Gasteiger partial charge in [-0.15, -0.1) is 0 Å². The summed E-state index contributed by atoms with van der Waals surface area (Å²) in [4.78, 5) is 18.5. The fourth-order valence-corrected chi connectivity index (χ4v) is 3.24. The van der Waals surface area contributed by atoms with Crippen molar-refractivity contribution in [2.24, 2.45) is 11.7 Å². The Balaban J connectivity index is 1.92. The molecule has 0 bridgehead atoms. The van der Waals surface area contributed by atoms with Crippen LogP contribution in [0, 0.1) is 5.92 Å². The maximum absolute atomic E-state index is 12.5.